The highest BCUT2D eigenvalue weighted by Gasteiger charge is 2.34. The minimum atomic E-state index is -0.701. The SMILES string of the molecule is COc1ccc(-c2nn(-c3ccccc3)cc2C=c2sc3n(c2=O)C(c2ccc(SC)cc2)C(C(=O)OC(C)C)=C(C)N=3)cc1Cl. The number of thioether (sulfide) groups is 1. The first kappa shape index (κ1) is 31.6. The number of nitrogens with zero attached hydrogens (tertiary/aromatic N) is 4. The van der Waals surface area contributed by atoms with Gasteiger partial charge in [-0.1, -0.05) is 53.3 Å². The molecule has 0 radical (unpaired) electrons. The summed E-state index contributed by atoms with van der Waals surface area (Å²) in [4.78, 5) is 34.1. The third-order valence-corrected chi connectivity index (χ3v) is 9.51. The Morgan fingerprint density at radius 1 is 1.09 bits per heavy atom. The highest BCUT2D eigenvalue weighted by atomic mass is 35.5. The predicted octanol–water partition coefficient (Wildman–Crippen LogP) is 6.42. The van der Waals surface area contributed by atoms with Crippen molar-refractivity contribution in [1.82, 2.24) is 14.3 Å². The fourth-order valence-electron chi connectivity index (χ4n) is 5.35. The first-order chi connectivity index (χ1) is 22.2. The summed E-state index contributed by atoms with van der Waals surface area (Å²) >= 11 is 9.40. The van der Waals surface area contributed by atoms with E-state index in [9.17, 15) is 9.59 Å². The molecule has 0 saturated heterocycles. The van der Waals surface area contributed by atoms with Crippen molar-refractivity contribution >= 4 is 46.7 Å². The Morgan fingerprint density at radius 3 is 2.48 bits per heavy atom. The molecule has 0 saturated carbocycles. The molecule has 3 aromatic carbocycles. The van der Waals surface area contributed by atoms with Gasteiger partial charge in [-0.15, -0.1) is 11.8 Å². The molecule has 11 heteroatoms. The summed E-state index contributed by atoms with van der Waals surface area (Å²) in [6, 6.07) is 22.4. The number of rotatable bonds is 8. The van der Waals surface area contributed by atoms with Crippen LogP contribution in [0.1, 0.15) is 37.9 Å². The van der Waals surface area contributed by atoms with Gasteiger partial charge in [0.2, 0.25) is 0 Å². The number of esters is 1. The van der Waals surface area contributed by atoms with E-state index in [0.717, 1.165) is 21.7 Å². The van der Waals surface area contributed by atoms with Crippen LogP contribution < -0.4 is 19.6 Å². The van der Waals surface area contributed by atoms with Crippen LogP contribution >= 0.6 is 34.7 Å². The zero-order valence-electron chi connectivity index (χ0n) is 25.9. The largest absolute Gasteiger partial charge is 0.495 e. The Morgan fingerprint density at radius 2 is 1.83 bits per heavy atom. The molecular weight excluding hydrogens is 640 g/mol. The van der Waals surface area contributed by atoms with E-state index < -0.39 is 12.0 Å². The van der Waals surface area contributed by atoms with E-state index in [-0.39, 0.29) is 11.7 Å². The van der Waals surface area contributed by atoms with Crippen molar-refractivity contribution in [2.45, 2.75) is 37.8 Å². The molecule has 234 valence electrons. The smallest absolute Gasteiger partial charge is 0.338 e. The van der Waals surface area contributed by atoms with Gasteiger partial charge in [-0.05, 0) is 81.1 Å². The van der Waals surface area contributed by atoms with E-state index >= 15 is 0 Å². The van der Waals surface area contributed by atoms with E-state index in [1.807, 2.05) is 79.2 Å². The molecule has 1 unspecified atom stereocenters. The maximum Gasteiger partial charge on any atom is 0.338 e. The number of para-hydroxylation sites is 1. The van der Waals surface area contributed by atoms with E-state index in [4.69, 9.17) is 31.2 Å². The van der Waals surface area contributed by atoms with Gasteiger partial charge in [-0.3, -0.25) is 9.36 Å². The van der Waals surface area contributed by atoms with Crippen LogP contribution in [0.5, 0.6) is 5.75 Å². The normalized spacial score (nSPS) is 14.8. The molecule has 46 heavy (non-hydrogen) atoms. The van der Waals surface area contributed by atoms with Crippen molar-refractivity contribution in [3.63, 3.8) is 0 Å². The van der Waals surface area contributed by atoms with Crippen LogP contribution in [0.25, 0.3) is 23.0 Å². The topological polar surface area (TPSA) is 87.7 Å². The molecular formula is C35H31ClN4O4S2. The number of hydrogen-bond donors (Lipinski definition) is 0. The molecule has 5 aromatic rings. The monoisotopic (exact) mass is 670 g/mol. The molecule has 1 atom stereocenters. The zero-order valence-corrected chi connectivity index (χ0v) is 28.2. The molecule has 1 aliphatic heterocycles. The fraction of sp³-hybridized carbons (Fsp3) is 0.200. The van der Waals surface area contributed by atoms with Crippen molar-refractivity contribution in [2.75, 3.05) is 13.4 Å². The molecule has 0 bridgehead atoms. The molecule has 8 nitrogen and oxygen atoms in total. The highest BCUT2D eigenvalue weighted by Crippen LogP contribution is 2.33. The van der Waals surface area contributed by atoms with Gasteiger partial charge in [0, 0.05) is 22.2 Å². The Balaban J connectivity index is 1.55. The molecule has 3 heterocycles. The second-order valence-corrected chi connectivity index (χ2v) is 13.2. The lowest BCUT2D eigenvalue weighted by atomic mass is 9.96. The molecule has 0 N–H and O–H groups in total. The third-order valence-electron chi connectivity index (χ3n) is 7.49. The Hall–Kier alpha value is -4.38. The van der Waals surface area contributed by atoms with Crippen molar-refractivity contribution in [3.8, 4) is 22.7 Å². The van der Waals surface area contributed by atoms with E-state index in [1.165, 1.54) is 11.3 Å². The Bertz CT molecular complexity index is 2150. The highest BCUT2D eigenvalue weighted by molar-refractivity contribution is 7.98. The van der Waals surface area contributed by atoms with Gasteiger partial charge >= 0.3 is 5.97 Å². The van der Waals surface area contributed by atoms with Gasteiger partial charge in [0.05, 0.1) is 45.8 Å². The summed E-state index contributed by atoms with van der Waals surface area (Å²) in [5.74, 6) is 0.0581. The van der Waals surface area contributed by atoms with Crippen LogP contribution in [-0.2, 0) is 9.53 Å². The van der Waals surface area contributed by atoms with Crippen LogP contribution in [0.2, 0.25) is 5.02 Å². The number of fused-ring (bicyclic) bond motifs is 1. The molecule has 6 rings (SSSR count). The van der Waals surface area contributed by atoms with Crippen molar-refractivity contribution in [2.24, 2.45) is 4.99 Å². The summed E-state index contributed by atoms with van der Waals surface area (Å²) < 4.78 is 14.8. The van der Waals surface area contributed by atoms with Gasteiger partial charge in [0.25, 0.3) is 5.56 Å². The lowest BCUT2D eigenvalue weighted by Crippen LogP contribution is -2.40. The average molecular weight is 671 g/mol. The molecule has 0 fully saturated rings. The van der Waals surface area contributed by atoms with Crippen LogP contribution in [0.15, 0.2) is 105 Å². The number of carbonyl (C=O) groups is 1. The van der Waals surface area contributed by atoms with Crippen molar-refractivity contribution < 1.29 is 14.3 Å². The van der Waals surface area contributed by atoms with Gasteiger partial charge in [0.1, 0.15) is 11.4 Å². The number of halogens is 1. The quantitative estimate of drug-likeness (QED) is 0.140. The second kappa shape index (κ2) is 13.2. The van der Waals surface area contributed by atoms with Gasteiger partial charge in [-0.25, -0.2) is 14.5 Å². The number of ether oxygens (including phenoxy) is 2. The maximum atomic E-state index is 14.3. The van der Waals surface area contributed by atoms with Crippen LogP contribution in [0.3, 0.4) is 0 Å². The lowest BCUT2D eigenvalue weighted by molar-refractivity contribution is -0.143. The van der Waals surface area contributed by atoms with Crippen molar-refractivity contribution in [1.29, 1.82) is 0 Å². The van der Waals surface area contributed by atoms with E-state index in [1.54, 1.807) is 61.0 Å². The summed E-state index contributed by atoms with van der Waals surface area (Å²) in [5, 5.41) is 5.34. The standard InChI is InChI=1S/C35H31ClN4O4S2/c1-20(2)44-34(42)30-21(3)37-35-40(32(30)22-11-14-26(45-5)15-12-22)33(41)29(46-35)18-24-19-39(25-9-7-6-8-10-25)38-31(24)23-13-16-28(43-4)27(36)17-23/h6-20,32H,1-5H3. The minimum Gasteiger partial charge on any atom is -0.495 e. The summed E-state index contributed by atoms with van der Waals surface area (Å²) in [7, 11) is 1.57. The zero-order chi connectivity index (χ0) is 32.5. The Kier molecular flexibility index (Phi) is 9.04. The molecule has 1 aliphatic rings. The van der Waals surface area contributed by atoms with Gasteiger partial charge in [0.15, 0.2) is 4.80 Å². The first-order valence-corrected chi connectivity index (χ1v) is 17.0. The summed E-state index contributed by atoms with van der Waals surface area (Å²) in [6.07, 6.45) is 5.38. The lowest BCUT2D eigenvalue weighted by Gasteiger charge is -2.25. The van der Waals surface area contributed by atoms with E-state index in [2.05, 4.69) is 0 Å². The molecule has 0 amide bonds. The predicted molar refractivity (Wildman–Crippen MR) is 184 cm³/mol. The summed E-state index contributed by atoms with van der Waals surface area (Å²) in [5.41, 5.74) is 4.37. The molecule has 0 spiro atoms. The van der Waals surface area contributed by atoms with Gasteiger partial charge in [-0.2, -0.15) is 5.10 Å². The third kappa shape index (κ3) is 6.08. The van der Waals surface area contributed by atoms with Crippen LogP contribution in [0, 0.1) is 0 Å². The van der Waals surface area contributed by atoms with E-state index in [0.29, 0.717) is 42.6 Å². The average Bonchev–Trinajstić information content (AvgIpc) is 3.61. The maximum absolute atomic E-state index is 14.3. The van der Waals surface area contributed by atoms with Gasteiger partial charge < -0.3 is 9.47 Å². The van der Waals surface area contributed by atoms with Crippen LogP contribution in [-0.4, -0.2) is 39.8 Å². The van der Waals surface area contributed by atoms with Crippen LogP contribution in [0.4, 0.5) is 0 Å². The summed E-state index contributed by atoms with van der Waals surface area (Å²) in [6.45, 7) is 5.38. The number of aromatic nitrogens is 3. The number of carbonyl (C=O) groups excluding carboxylic acids is 1. The number of methoxy groups -OCH3 is 1. The molecule has 2 aromatic heterocycles. The Labute approximate surface area is 279 Å². The first-order valence-electron chi connectivity index (χ1n) is 14.5. The number of benzene rings is 3. The number of allylic oxidation sites excluding steroid dienone is 1. The second-order valence-electron chi connectivity index (χ2n) is 10.9. The van der Waals surface area contributed by atoms with Crippen molar-refractivity contribution in [3.05, 3.63) is 126 Å². The minimum absolute atomic E-state index is 0.267. The number of hydrogen-bond acceptors (Lipinski definition) is 8. The molecule has 0 aliphatic carbocycles. The fourth-order valence-corrected chi connectivity index (χ4v) is 7.05. The number of thiazole rings is 1.